The van der Waals surface area contributed by atoms with Gasteiger partial charge < -0.3 is 9.64 Å². The highest BCUT2D eigenvalue weighted by molar-refractivity contribution is 6.11. The minimum Gasteiger partial charge on any atom is -0.378 e. The number of amidine groups is 1. The summed E-state index contributed by atoms with van der Waals surface area (Å²) in [4.78, 5) is 19.5. The molecule has 2 aliphatic rings. The zero-order valence-corrected chi connectivity index (χ0v) is 9.06. The predicted octanol–water partition coefficient (Wildman–Crippen LogP) is 0.0504. The Bertz CT molecular complexity index is 330. The summed E-state index contributed by atoms with van der Waals surface area (Å²) in [6.07, 6.45) is 1.83. The Balaban J connectivity index is 2.10. The molecule has 0 aromatic rings. The van der Waals surface area contributed by atoms with Gasteiger partial charge in [-0.05, 0) is 6.92 Å². The monoisotopic (exact) mass is 209 g/mol. The van der Waals surface area contributed by atoms with Crippen molar-refractivity contribution in [1.29, 1.82) is 0 Å². The van der Waals surface area contributed by atoms with Crippen LogP contribution in [0.15, 0.2) is 16.9 Å². The summed E-state index contributed by atoms with van der Waals surface area (Å²) < 4.78 is 5.23. The van der Waals surface area contributed by atoms with Crippen LogP contribution in [-0.4, -0.2) is 54.9 Å². The van der Waals surface area contributed by atoms with Crippen LogP contribution in [-0.2, 0) is 9.53 Å². The molecule has 0 aromatic heterocycles. The standard InChI is InChI=1S/C10H15N3O2/c1-8-11-9(10(14)12(8)2)7-13-3-5-15-6-4-13/h7H,3-6H2,1-2H3/b9-7-. The first-order valence-corrected chi connectivity index (χ1v) is 5.05. The van der Waals surface area contributed by atoms with E-state index < -0.39 is 0 Å². The van der Waals surface area contributed by atoms with E-state index in [9.17, 15) is 4.79 Å². The third kappa shape index (κ3) is 2.02. The van der Waals surface area contributed by atoms with Crippen LogP contribution in [0.5, 0.6) is 0 Å². The molecule has 2 heterocycles. The first kappa shape index (κ1) is 10.2. The van der Waals surface area contributed by atoms with E-state index in [-0.39, 0.29) is 5.91 Å². The van der Waals surface area contributed by atoms with Crippen molar-refractivity contribution in [2.45, 2.75) is 6.92 Å². The van der Waals surface area contributed by atoms with Crippen molar-refractivity contribution in [3.63, 3.8) is 0 Å². The van der Waals surface area contributed by atoms with Crippen LogP contribution in [0.3, 0.4) is 0 Å². The predicted molar refractivity (Wildman–Crippen MR) is 56.4 cm³/mol. The molecule has 1 amide bonds. The van der Waals surface area contributed by atoms with E-state index in [0.717, 1.165) is 32.1 Å². The summed E-state index contributed by atoms with van der Waals surface area (Å²) in [6.45, 7) is 4.93. The molecule has 0 unspecified atom stereocenters. The van der Waals surface area contributed by atoms with Crippen molar-refractivity contribution in [3.05, 3.63) is 11.9 Å². The number of carbonyl (C=O) groups excluding carboxylic acids is 1. The summed E-state index contributed by atoms with van der Waals surface area (Å²) >= 11 is 0. The molecule has 1 saturated heterocycles. The third-order valence-electron chi connectivity index (χ3n) is 2.64. The topological polar surface area (TPSA) is 45.1 Å². The van der Waals surface area contributed by atoms with E-state index in [1.807, 2.05) is 13.1 Å². The van der Waals surface area contributed by atoms with Gasteiger partial charge in [-0.2, -0.15) is 0 Å². The smallest absolute Gasteiger partial charge is 0.279 e. The Morgan fingerprint density at radius 2 is 2.07 bits per heavy atom. The maximum absolute atomic E-state index is 11.7. The van der Waals surface area contributed by atoms with Crippen LogP contribution in [0, 0.1) is 0 Å². The highest BCUT2D eigenvalue weighted by Crippen LogP contribution is 2.14. The van der Waals surface area contributed by atoms with Crippen LogP contribution < -0.4 is 0 Å². The molecule has 0 bridgehead atoms. The zero-order chi connectivity index (χ0) is 10.8. The van der Waals surface area contributed by atoms with Gasteiger partial charge >= 0.3 is 0 Å². The molecule has 0 N–H and O–H groups in total. The van der Waals surface area contributed by atoms with Gasteiger partial charge in [0, 0.05) is 26.3 Å². The Kier molecular flexibility index (Phi) is 2.73. The minimum absolute atomic E-state index is 0.0287. The number of morpholine rings is 1. The van der Waals surface area contributed by atoms with Crippen molar-refractivity contribution < 1.29 is 9.53 Å². The zero-order valence-electron chi connectivity index (χ0n) is 9.06. The highest BCUT2D eigenvalue weighted by atomic mass is 16.5. The van der Waals surface area contributed by atoms with Crippen molar-refractivity contribution in [3.8, 4) is 0 Å². The fourth-order valence-corrected chi connectivity index (χ4v) is 1.58. The van der Waals surface area contributed by atoms with Crippen molar-refractivity contribution in [2.75, 3.05) is 33.4 Å². The summed E-state index contributed by atoms with van der Waals surface area (Å²) in [5.74, 6) is 0.721. The molecule has 0 aliphatic carbocycles. The van der Waals surface area contributed by atoms with Gasteiger partial charge in [0.2, 0.25) is 0 Å². The number of ether oxygens (including phenoxy) is 1. The molecule has 0 radical (unpaired) electrons. The number of likely N-dealkylation sites (N-methyl/N-ethyl adjacent to an activating group) is 1. The number of rotatable bonds is 1. The quantitative estimate of drug-likeness (QED) is 0.573. The minimum atomic E-state index is -0.0287. The third-order valence-corrected chi connectivity index (χ3v) is 2.64. The lowest BCUT2D eigenvalue weighted by atomic mass is 10.4. The van der Waals surface area contributed by atoms with E-state index >= 15 is 0 Å². The van der Waals surface area contributed by atoms with Crippen LogP contribution in [0.25, 0.3) is 0 Å². The Hall–Kier alpha value is -1.36. The van der Waals surface area contributed by atoms with Gasteiger partial charge in [-0.1, -0.05) is 0 Å². The lowest BCUT2D eigenvalue weighted by molar-refractivity contribution is -0.121. The van der Waals surface area contributed by atoms with Crippen molar-refractivity contribution in [2.24, 2.45) is 4.99 Å². The van der Waals surface area contributed by atoms with Crippen LogP contribution in [0.1, 0.15) is 6.92 Å². The van der Waals surface area contributed by atoms with E-state index in [1.165, 1.54) is 0 Å². The number of amides is 1. The van der Waals surface area contributed by atoms with Gasteiger partial charge in [-0.15, -0.1) is 0 Å². The molecule has 0 atom stereocenters. The van der Waals surface area contributed by atoms with E-state index in [1.54, 1.807) is 11.9 Å². The van der Waals surface area contributed by atoms with Crippen LogP contribution in [0.4, 0.5) is 0 Å². The Morgan fingerprint density at radius 3 is 2.60 bits per heavy atom. The number of nitrogens with zero attached hydrogens (tertiary/aromatic N) is 3. The Labute approximate surface area is 89.0 Å². The average Bonchev–Trinajstić information content (AvgIpc) is 2.48. The second-order valence-corrected chi connectivity index (χ2v) is 3.69. The van der Waals surface area contributed by atoms with Gasteiger partial charge in [0.05, 0.1) is 13.2 Å². The molecule has 5 nitrogen and oxygen atoms in total. The number of aliphatic imine (C=N–C) groups is 1. The number of hydrogen-bond donors (Lipinski definition) is 0. The maximum Gasteiger partial charge on any atom is 0.279 e. The molecule has 5 heteroatoms. The van der Waals surface area contributed by atoms with E-state index in [4.69, 9.17) is 4.74 Å². The van der Waals surface area contributed by atoms with Crippen LogP contribution >= 0.6 is 0 Å². The SMILES string of the molecule is CC1=N/C(=C\N2CCOCC2)C(=O)N1C. The number of hydrogen-bond acceptors (Lipinski definition) is 4. The maximum atomic E-state index is 11.7. The average molecular weight is 209 g/mol. The Morgan fingerprint density at radius 1 is 1.40 bits per heavy atom. The lowest BCUT2D eigenvalue weighted by Gasteiger charge is -2.25. The first-order valence-electron chi connectivity index (χ1n) is 5.05. The summed E-state index contributed by atoms with van der Waals surface area (Å²) in [6, 6.07) is 0. The van der Waals surface area contributed by atoms with Gasteiger partial charge in [0.1, 0.15) is 11.5 Å². The molecule has 15 heavy (non-hydrogen) atoms. The first-order chi connectivity index (χ1) is 7.18. The van der Waals surface area contributed by atoms with Crippen LogP contribution in [0.2, 0.25) is 0 Å². The lowest BCUT2D eigenvalue weighted by Crippen LogP contribution is -2.33. The molecular formula is C10H15N3O2. The summed E-state index contributed by atoms with van der Waals surface area (Å²) in [7, 11) is 1.74. The van der Waals surface area contributed by atoms with Crippen molar-refractivity contribution >= 4 is 11.7 Å². The normalized spacial score (nSPS) is 25.1. The fourth-order valence-electron chi connectivity index (χ4n) is 1.58. The molecule has 1 fully saturated rings. The molecule has 0 aromatic carbocycles. The molecule has 0 saturated carbocycles. The van der Waals surface area contributed by atoms with Gasteiger partial charge in [0.25, 0.3) is 5.91 Å². The molecule has 2 aliphatic heterocycles. The molecular weight excluding hydrogens is 194 g/mol. The van der Waals surface area contributed by atoms with E-state index in [2.05, 4.69) is 9.89 Å². The van der Waals surface area contributed by atoms with Gasteiger partial charge in [-0.25, -0.2) is 4.99 Å². The second-order valence-electron chi connectivity index (χ2n) is 3.69. The van der Waals surface area contributed by atoms with Gasteiger partial charge in [0.15, 0.2) is 0 Å². The van der Waals surface area contributed by atoms with Crippen molar-refractivity contribution in [1.82, 2.24) is 9.80 Å². The summed E-state index contributed by atoms with van der Waals surface area (Å²) in [5, 5.41) is 0. The molecule has 2 rings (SSSR count). The largest absolute Gasteiger partial charge is 0.378 e. The molecule has 0 spiro atoms. The number of carbonyl (C=O) groups is 1. The second kappa shape index (κ2) is 4.02. The van der Waals surface area contributed by atoms with Gasteiger partial charge in [-0.3, -0.25) is 9.69 Å². The fraction of sp³-hybridized carbons (Fsp3) is 0.600. The summed E-state index contributed by atoms with van der Waals surface area (Å²) in [5.41, 5.74) is 0.525. The highest BCUT2D eigenvalue weighted by Gasteiger charge is 2.24. The van der Waals surface area contributed by atoms with E-state index in [0.29, 0.717) is 5.70 Å². The molecule has 82 valence electrons.